The number of aromatic nitrogens is 4. The first-order valence-corrected chi connectivity index (χ1v) is 10.4. The molecule has 0 radical (unpaired) electrons. The van der Waals surface area contributed by atoms with Gasteiger partial charge in [-0.3, -0.25) is 0 Å². The van der Waals surface area contributed by atoms with Gasteiger partial charge in [0.1, 0.15) is 18.0 Å². The monoisotopic (exact) mass is 457 g/mol. The van der Waals surface area contributed by atoms with Crippen LogP contribution in [0.3, 0.4) is 0 Å². The minimum atomic E-state index is -3.74. The van der Waals surface area contributed by atoms with Crippen molar-refractivity contribution in [2.75, 3.05) is 0 Å². The number of tetrazole rings is 1. The average molecular weight is 457 g/mol. The summed E-state index contributed by atoms with van der Waals surface area (Å²) in [7, 11) is 0. The zero-order valence-electron chi connectivity index (χ0n) is 17.3. The molecule has 2 bridgehead atoms. The van der Waals surface area contributed by atoms with Crippen LogP contribution in [-0.2, 0) is 18.6 Å². The van der Waals surface area contributed by atoms with Gasteiger partial charge in [0.25, 0.3) is 5.92 Å². The molecule has 0 spiro atoms. The highest BCUT2D eigenvalue weighted by Crippen LogP contribution is 2.81. The fourth-order valence-electron chi connectivity index (χ4n) is 5.75. The summed E-state index contributed by atoms with van der Waals surface area (Å²) in [6, 6.07) is 11.2. The van der Waals surface area contributed by atoms with E-state index < -0.39 is 40.7 Å². The van der Waals surface area contributed by atoms with Gasteiger partial charge in [-0.05, 0) is 71.4 Å². The number of nitrogens with zero attached hydrogens (tertiary/aromatic N) is 5. The Morgan fingerprint density at radius 3 is 2.36 bits per heavy atom. The summed E-state index contributed by atoms with van der Waals surface area (Å²) in [4.78, 5) is 0. The van der Waals surface area contributed by atoms with E-state index in [9.17, 15) is 13.9 Å². The first-order valence-electron chi connectivity index (χ1n) is 10.4. The third kappa shape index (κ3) is 3.14. The van der Waals surface area contributed by atoms with Gasteiger partial charge in [0.2, 0.25) is 0 Å². The molecule has 0 amide bonds. The highest BCUT2D eigenvalue weighted by atomic mass is 19.3. The van der Waals surface area contributed by atoms with Crippen LogP contribution < -0.4 is 0 Å². The van der Waals surface area contributed by atoms with Crippen molar-refractivity contribution >= 4 is 0 Å². The number of aliphatic hydroxyl groups is 1. The Kier molecular flexibility index (Phi) is 4.62. The minimum Gasteiger partial charge on any atom is -0.377 e. The molecular weight excluding hydrogens is 438 g/mol. The molecule has 170 valence electrons. The Morgan fingerprint density at radius 2 is 1.79 bits per heavy atom. The molecule has 6 nitrogen and oxygen atoms in total. The molecule has 2 aromatic carbocycles. The summed E-state index contributed by atoms with van der Waals surface area (Å²) in [6.45, 7) is -0.792. The van der Waals surface area contributed by atoms with Crippen LogP contribution in [0.15, 0.2) is 48.8 Å². The maximum Gasteiger partial charge on any atom is 0.287 e. The van der Waals surface area contributed by atoms with Gasteiger partial charge in [0, 0.05) is 17.0 Å². The Morgan fingerprint density at radius 1 is 1.09 bits per heavy atom. The van der Waals surface area contributed by atoms with Gasteiger partial charge in [-0.1, -0.05) is 12.1 Å². The third-order valence-electron chi connectivity index (χ3n) is 7.15. The molecule has 1 unspecified atom stereocenters. The lowest BCUT2D eigenvalue weighted by atomic mass is 9.31. The van der Waals surface area contributed by atoms with E-state index in [0.717, 1.165) is 28.7 Å². The summed E-state index contributed by atoms with van der Waals surface area (Å²) in [5.74, 6) is -5.93. The quantitative estimate of drug-likeness (QED) is 0.546. The molecule has 1 aromatic heterocycles. The van der Waals surface area contributed by atoms with Gasteiger partial charge < -0.3 is 5.11 Å². The van der Waals surface area contributed by atoms with Gasteiger partial charge in [0.05, 0.1) is 18.2 Å². The van der Waals surface area contributed by atoms with Crippen LogP contribution in [0.4, 0.5) is 17.6 Å². The van der Waals surface area contributed by atoms with E-state index in [0.29, 0.717) is 18.1 Å². The smallest absolute Gasteiger partial charge is 0.287 e. The molecule has 0 saturated heterocycles. The number of halogens is 4. The second-order valence-electron chi connectivity index (χ2n) is 9.36. The molecule has 3 fully saturated rings. The van der Waals surface area contributed by atoms with E-state index in [2.05, 4.69) is 15.5 Å². The highest BCUT2D eigenvalue weighted by Gasteiger charge is 2.81. The van der Waals surface area contributed by atoms with Crippen LogP contribution in [0.25, 0.3) is 0 Å². The molecule has 6 rings (SSSR count). The molecule has 3 aliphatic carbocycles. The molecule has 3 saturated carbocycles. The van der Waals surface area contributed by atoms with Crippen molar-refractivity contribution in [3.05, 3.63) is 77.1 Å². The second kappa shape index (κ2) is 7.09. The predicted molar refractivity (Wildman–Crippen MR) is 107 cm³/mol. The fraction of sp³-hybridized carbons (Fsp3) is 0.391. The van der Waals surface area contributed by atoms with Crippen molar-refractivity contribution in [1.29, 1.82) is 5.26 Å². The Labute approximate surface area is 186 Å². The summed E-state index contributed by atoms with van der Waals surface area (Å²) in [6.07, 6.45) is 2.11. The van der Waals surface area contributed by atoms with Gasteiger partial charge in [-0.25, -0.2) is 22.2 Å². The Balaban J connectivity index is 1.43. The summed E-state index contributed by atoms with van der Waals surface area (Å²) >= 11 is 0. The van der Waals surface area contributed by atoms with Gasteiger partial charge >= 0.3 is 0 Å². The predicted octanol–water partition coefficient (Wildman–Crippen LogP) is 3.76. The zero-order chi connectivity index (χ0) is 23.5. The minimum absolute atomic E-state index is 0.160. The number of hydrogen-bond donors (Lipinski definition) is 1. The van der Waals surface area contributed by atoms with Crippen LogP contribution in [0.1, 0.15) is 36.0 Å². The van der Waals surface area contributed by atoms with Crippen molar-refractivity contribution < 1.29 is 22.7 Å². The van der Waals surface area contributed by atoms with Gasteiger partial charge in [-0.2, -0.15) is 5.26 Å². The van der Waals surface area contributed by atoms with Crippen LogP contribution >= 0.6 is 0 Å². The molecule has 1 N–H and O–H groups in total. The number of benzene rings is 2. The average Bonchev–Trinajstić information content (AvgIpc) is 3.22. The second-order valence-corrected chi connectivity index (χ2v) is 9.36. The maximum absolute atomic E-state index is 16.1. The number of hydrogen-bond acceptors (Lipinski definition) is 5. The Hall–Kier alpha value is -3.32. The lowest BCUT2D eigenvalue weighted by Crippen LogP contribution is -2.74. The van der Waals surface area contributed by atoms with Crippen molar-refractivity contribution in [2.24, 2.45) is 10.8 Å². The maximum atomic E-state index is 16.1. The van der Waals surface area contributed by atoms with E-state index in [1.54, 1.807) is 12.1 Å². The van der Waals surface area contributed by atoms with Crippen LogP contribution in [0, 0.1) is 33.8 Å². The largest absolute Gasteiger partial charge is 0.377 e. The molecule has 3 aliphatic rings. The Bertz CT molecular complexity index is 1220. The molecular formula is C23H19F4N5O. The highest BCUT2D eigenvalue weighted by molar-refractivity contribution is 5.36. The van der Waals surface area contributed by atoms with Crippen LogP contribution in [0.2, 0.25) is 0 Å². The normalized spacial score (nSPS) is 25.5. The zero-order valence-corrected chi connectivity index (χ0v) is 17.3. The van der Waals surface area contributed by atoms with Crippen molar-refractivity contribution in [2.45, 2.75) is 43.8 Å². The van der Waals surface area contributed by atoms with E-state index in [1.807, 2.05) is 18.2 Å². The van der Waals surface area contributed by atoms with E-state index >= 15 is 8.78 Å². The third-order valence-corrected chi connectivity index (χ3v) is 7.15. The summed E-state index contributed by atoms with van der Waals surface area (Å²) in [5, 5.41) is 30.6. The van der Waals surface area contributed by atoms with Crippen molar-refractivity contribution in [3.8, 4) is 6.07 Å². The van der Waals surface area contributed by atoms with Crippen LogP contribution in [-0.4, -0.2) is 31.2 Å². The van der Waals surface area contributed by atoms with Gasteiger partial charge in [-0.15, -0.1) is 5.10 Å². The summed E-state index contributed by atoms with van der Waals surface area (Å²) in [5.41, 5.74) is -4.05. The topological polar surface area (TPSA) is 87.6 Å². The van der Waals surface area contributed by atoms with Crippen molar-refractivity contribution in [3.63, 3.8) is 0 Å². The molecule has 1 heterocycles. The van der Waals surface area contributed by atoms with Gasteiger partial charge in [0.15, 0.2) is 5.60 Å². The molecule has 10 heteroatoms. The van der Waals surface area contributed by atoms with E-state index in [1.165, 1.54) is 0 Å². The SMILES string of the molecule is N#Cc1ccc(CC23CC(C(F)(F)C(O)(Cn4cnnn4)c4ccc(F)cc4F)(C2)C3)cc1. The summed E-state index contributed by atoms with van der Waals surface area (Å²) < 4.78 is 61.2. The molecule has 3 aromatic rings. The van der Waals surface area contributed by atoms with Crippen molar-refractivity contribution in [1.82, 2.24) is 20.2 Å². The first-order chi connectivity index (χ1) is 15.6. The van der Waals surface area contributed by atoms with Crippen LogP contribution in [0.5, 0.6) is 0 Å². The standard InChI is InChI=1S/C23H19F4N5O/c24-17-5-6-18(19(25)7-17)22(33,13-32-14-29-30-31-32)23(26,27)21-10-20(11-21,12-21)8-15-1-3-16(9-28)4-2-15/h1-7,14,33H,8,10-13H2. The number of rotatable bonds is 7. The first kappa shape index (κ1) is 21.5. The fourth-order valence-corrected chi connectivity index (χ4v) is 5.75. The van der Waals surface area contributed by atoms with E-state index in [-0.39, 0.29) is 24.7 Å². The molecule has 0 aliphatic heterocycles. The lowest BCUT2D eigenvalue weighted by molar-refractivity contribution is -0.369. The molecule has 33 heavy (non-hydrogen) atoms. The number of alkyl halides is 2. The van der Waals surface area contributed by atoms with E-state index in [4.69, 9.17) is 5.26 Å². The molecule has 1 atom stereocenters. The number of nitriles is 1. The lowest BCUT2D eigenvalue weighted by Gasteiger charge is -2.74.